The van der Waals surface area contributed by atoms with E-state index in [0.29, 0.717) is 5.92 Å². The van der Waals surface area contributed by atoms with Crippen molar-refractivity contribution in [2.75, 3.05) is 14.1 Å². The van der Waals surface area contributed by atoms with Crippen molar-refractivity contribution in [1.29, 1.82) is 0 Å². The van der Waals surface area contributed by atoms with Gasteiger partial charge in [0.2, 0.25) is 0 Å². The molecule has 1 saturated carbocycles. The fourth-order valence-corrected chi connectivity index (χ4v) is 7.64. The largest absolute Gasteiger partial charge is 0.393 e. The van der Waals surface area contributed by atoms with Crippen LogP contribution in [0.5, 0.6) is 0 Å². The zero-order valence-corrected chi connectivity index (χ0v) is 22.5. The van der Waals surface area contributed by atoms with Gasteiger partial charge in [0, 0.05) is 22.9 Å². The Bertz CT molecular complexity index is 1240. The molecule has 4 unspecified atom stereocenters. The van der Waals surface area contributed by atoms with E-state index in [1.165, 1.54) is 22.1 Å². The summed E-state index contributed by atoms with van der Waals surface area (Å²) in [6, 6.07) is 10.6. The van der Waals surface area contributed by atoms with Gasteiger partial charge in [0.1, 0.15) is 0 Å². The van der Waals surface area contributed by atoms with Crippen LogP contribution in [0.15, 0.2) is 65.9 Å². The van der Waals surface area contributed by atoms with Crippen molar-refractivity contribution in [3.8, 4) is 0 Å². The van der Waals surface area contributed by atoms with E-state index in [0.717, 1.165) is 49.6 Å². The van der Waals surface area contributed by atoms with Crippen molar-refractivity contribution < 1.29 is 10.2 Å². The third kappa shape index (κ3) is 3.81. The molecule has 5 atom stereocenters. The monoisotopic (exact) mass is 486 g/mol. The lowest BCUT2D eigenvalue weighted by Gasteiger charge is -2.56. The molecular formula is C32H42N2O2. The highest BCUT2D eigenvalue weighted by Crippen LogP contribution is 2.67. The molecular weight excluding hydrogens is 444 g/mol. The van der Waals surface area contributed by atoms with Crippen LogP contribution in [-0.2, 0) is 0 Å². The number of fused-ring (bicyclic) bond motifs is 5. The van der Waals surface area contributed by atoms with Gasteiger partial charge in [-0.1, -0.05) is 62.8 Å². The minimum atomic E-state index is -0.833. The van der Waals surface area contributed by atoms with Crippen LogP contribution in [0, 0.1) is 22.7 Å². The third-order valence-electron chi connectivity index (χ3n) is 9.74. The highest BCUT2D eigenvalue weighted by atomic mass is 16.3. The number of allylic oxidation sites excluding steroid dienone is 3. The van der Waals surface area contributed by atoms with Crippen molar-refractivity contribution >= 4 is 16.5 Å². The van der Waals surface area contributed by atoms with Crippen molar-refractivity contribution in [2.24, 2.45) is 22.7 Å². The van der Waals surface area contributed by atoms with E-state index in [9.17, 15) is 10.2 Å². The maximum atomic E-state index is 12.4. The van der Waals surface area contributed by atoms with Gasteiger partial charge in [-0.05, 0) is 92.8 Å². The molecule has 0 amide bonds. The summed E-state index contributed by atoms with van der Waals surface area (Å²) in [7, 11) is 3.75. The molecule has 4 nitrogen and oxygen atoms in total. The van der Waals surface area contributed by atoms with Gasteiger partial charge < -0.3 is 15.5 Å². The quantitative estimate of drug-likeness (QED) is 0.458. The van der Waals surface area contributed by atoms with Gasteiger partial charge in [0.25, 0.3) is 0 Å². The zero-order valence-electron chi connectivity index (χ0n) is 22.5. The highest BCUT2D eigenvalue weighted by molar-refractivity contribution is 5.94. The first kappa shape index (κ1) is 25.4. The Hall–Kier alpha value is -2.27. The molecule has 0 bridgehead atoms. The summed E-state index contributed by atoms with van der Waals surface area (Å²) < 4.78 is 0. The van der Waals surface area contributed by atoms with Crippen LogP contribution in [0.2, 0.25) is 0 Å². The van der Waals surface area contributed by atoms with Crippen LogP contribution in [0.25, 0.3) is 16.5 Å². The average molecular weight is 487 g/mol. The summed E-state index contributed by atoms with van der Waals surface area (Å²) in [5.41, 5.74) is 4.91. The lowest BCUT2D eigenvalue weighted by Crippen LogP contribution is -2.55. The minimum Gasteiger partial charge on any atom is -0.393 e. The second kappa shape index (κ2) is 9.24. The number of aromatic nitrogens is 1. The van der Waals surface area contributed by atoms with E-state index in [-0.39, 0.29) is 22.9 Å². The van der Waals surface area contributed by atoms with Crippen LogP contribution < -0.4 is 5.32 Å². The summed E-state index contributed by atoms with van der Waals surface area (Å²) in [6.45, 7) is 7.06. The number of rotatable bonds is 1. The molecule has 36 heavy (non-hydrogen) atoms. The normalized spacial score (nSPS) is 34.6. The van der Waals surface area contributed by atoms with Crippen molar-refractivity contribution in [1.82, 2.24) is 10.3 Å². The van der Waals surface area contributed by atoms with E-state index < -0.39 is 5.60 Å². The molecule has 192 valence electrons. The number of aliphatic hydroxyl groups is 2. The Morgan fingerprint density at radius 1 is 1.03 bits per heavy atom. The van der Waals surface area contributed by atoms with Gasteiger partial charge in [0.05, 0.1) is 17.2 Å². The van der Waals surface area contributed by atoms with E-state index in [1.54, 1.807) is 0 Å². The second-order valence-corrected chi connectivity index (χ2v) is 12.1. The Balaban J connectivity index is 0.000000848. The Kier molecular flexibility index (Phi) is 6.51. The maximum absolute atomic E-state index is 12.4. The SMILES string of the molecule is CC1(C)C=C2C=C3CC(O)CCC3CC[C@]2(O)C2CC=C(c3cccc4ncccc34)C21C.CNC. The third-order valence-corrected chi connectivity index (χ3v) is 9.74. The fourth-order valence-electron chi connectivity index (χ4n) is 7.64. The summed E-state index contributed by atoms with van der Waals surface area (Å²) in [5, 5.41) is 26.7. The number of pyridine rings is 1. The van der Waals surface area contributed by atoms with Crippen LogP contribution in [0.1, 0.15) is 64.9 Å². The predicted octanol–water partition coefficient (Wildman–Crippen LogP) is 6.06. The Morgan fingerprint density at radius 3 is 2.58 bits per heavy atom. The van der Waals surface area contributed by atoms with Gasteiger partial charge in [0.15, 0.2) is 0 Å². The molecule has 0 saturated heterocycles. The molecule has 1 aromatic carbocycles. The van der Waals surface area contributed by atoms with Gasteiger partial charge in [-0.15, -0.1) is 0 Å². The van der Waals surface area contributed by atoms with Gasteiger partial charge in [-0.25, -0.2) is 0 Å². The lowest BCUT2D eigenvalue weighted by molar-refractivity contribution is -0.0651. The smallest absolute Gasteiger partial charge is 0.0933 e. The predicted molar refractivity (Wildman–Crippen MR) is 148 cm³/mol. The van der Waals surface area contributed by atoms with Crippen LogP contribution >= 0.6 is 0 Å². The van der Waals surface area contributed by atoms with Crippen LogP contribution in [0.3, 0.4) is 0 Å². The van der Waals surface area contributed by atoms with E-state index in [2.05, 4.69) is 73.6 Å². The van der Waals surface area contributed by atoms with Crippen molar-refractivity contribution in [2.45, 2.75) is 71.0 Å². The second-order valence-electron chi connectivity index (χ2n) is 12.1. The first-order valence-corrected chi connectivity index (χ1v) is 13.6. The number of aliphatic hydroxyl groups excluding tert-OH is 1. The number of hydrogen-bond donors (Lipinski definition) is 3. The summed E-state index contributed by atoms with van der Waals surface area (Å²) >= 11 is 0. The molecule has 0 aliphatic heterocycles. The molecule has 0 radical (unpaired) electrons. The number of benzene rings is 1. The number of hydrogen-bond acceptors (Lipinski definition) is 4. The Labute approximate surface area is 216 Å². The van der Waals surface area contributed by atoms with E-state index in [4.69, 9.17) is 0 Å². The maximum Gasteiger partial charge on any atom is 0.0933 e. The summed E-state index contributed by atoms with van der Waals surface area (Å²) in [5.74, 6) is 0.625. The highest BCUT2D eigenvalue weighted by Gasteiger charge is 2.62. The Morgan fingerprint density at radius 2 is 1.81 bits per heavy atom. The van der Waals surface area contributed by atoms with Gasteiger partial charge in [-0.3, -0.25) is 4.98 Å². The van der Waals surface area contributed by atoms with E-state index >= 15 is 0 Å². The standard InChI is InChI=1S/C30H35NO2.C2H7N/c1-28(2)18-21-16-20-17-22(32)10-9-19(20)13-14-30(21,33)27-12-11-25(29(27,28)3)23-6-4-8-26-24(23)7-5-15-31-26;1-3-2/h4-8,11,15-16,18-19,22,27,32-33H,9-10,12-14,17H2,1-3H3;3H,1-2H3/t19?,22?,27?,29?,30-;/m1./s1. The first-order chi connectivity index (χ1) is 17.2. The van der Waals surface area contributed by atoms with Crippen LogP contribution in [0.4, 0.5) is 0 Å². The van der Waals surface area contributed by atoms with Gasteiger partial charge >= 0.3 is 0 Å². The number of nitrogens with one attached hydrogen (secondary N) is 1. The van der Waals surface area contributed by atoms with E-state index in [1.807, 2.05) is 26.4 Å². The topological polar surface area (TPSA) is 65.4 Å². The minimum absolute atomic E-state index is 0.129. The number of nitrogens with zero attached hydrogens (tertiary/aromatic N) is 1. The molecule has 1 heterocycles. The lowest BCUT2D eigenvalue weighted by atomic mass is 9.49. The van der Waals surface area contributed by atoms with Gasteiger partial charge in [-0.2, -0.15) is 0 Å². The molecule has 4 aliphatic carbocycles. The molecule has 3 N–H and O–H groups in total. The average Bonchev–Trinajstić information content (AvgIpc) is 3.15. The first-order valence-electron chi connectivity index (χ1n) is 13.6. The zero-order chi connectivity index (χ0) is 25.7. The fraction of sp³-hybridized carbons (Fsp3) is 0.531. The molecule has 4 aliphatic rings. The molecule has 6 rings (SSSR count). The molecule has 2 aromatic rings. The molecule has 1 fully saturated rings. The molecule has 4 heteroatoms. The molecule has 0 spiro atoms. The summed E-state index contributed by atoms with van der Waals surface area (Å²) in [4.78, 5) is 4.60. The van der Waals surface area contributed by atoms with Crippen LogP contribution in [-0.4, -0.2) is 41.0 Å². The molecule has 1 aromatic heterocycles. The van der Waals surface area contributed by atoms with Crippen molar-refractivity contribution in [3.05, 3.63) is 71.5 Å². The van der Waals surface area contributed by atoms with Crippen molar-refractivity contribution in [3.63, 3.8) is 0 Å². The summed E-state index contributed by atoms with van der Waals surface area (Å²) in [6.07, 6.45) is 14.0.